The summed E-state index contributed by atoms with van der Waals surface area (Å²) in [5.41, 5.74) is 6.55. The summed E-state index contributed by atoms with van der Waals surface area (Å²) < 4.78 is 12.7. The Balaban J connectivity index is 2.28. The summed E-state index contributed by atoms with van der Waals surface area (Å²) in [6, 6.07) is 6.52. The van der Waals surface area contributed by atoms with Gasteiger partial charge in [0.25, 0.3) is 0 Å². The van der Waals surface area contributed by atoms with E-state index in [0.717, 1.165) is 24.8 Å². The molecule has 1 rings (SSSR count). The van der Waals surface area contributed by atoms with Crippen molar-refractivity contribution in [3.05, 3.63) is 35.6 Å². The number of hydrogen-bond donors (Lipinski definition) is 2. The first-order valence-corrected chi connectivity index (χ1v) is 6.70. The van der Waals surface area contributed by atoms with E-state index in [1.54, 1.807) is 12.1 Å². The van der Waals surface area contributed by atoms with Crippen LogP contribution in [0.4, 0.5) is 4.39 Å². The molecule has 19 heavy (non-hydrogen) atoms. The molecule has 0 aliphatic heterocycles. The lowest BCUT2D eigenvalue weighted by molar-refractivity contribution is -0.141. The van der Waals surface area contributed by atoms with E-state index in [1.807, 2.05) is 0 Å². The molecule has 2 atom stereocenters. The van der Waals surface area contributed by atoms with E-state index in [-0.39, 0.29) is 12.4 Å². The van der Waals surface area contributed by atoms with E-state index in [2.05, 4.69) is 6.92 Å². The number of benzene rings is 1. The topological polar surface area (TPSA) is 63.3 Å². The first kappa shape index (κ1) is 15.6. The Morgan fingerprint density at radius 2 is 2.00 bits per heavy atom. The smallest absolute Gasteiger partial charge is 0.307 e. The van der Waals surface area contributed by atoms with Gasteiger partial charge in [0.2, 0.25) is 0 Å². The maximum atomic E-state index is 12.7. The molecule has 0 fully saturated rings. The Kier molecular flexibility index (Phi) is 6.50. The highest BCUT2D eigenvalue weighted by atomic mass is 19.1. The lowest BCUT2D eigenvalue weighted by atomic mass is 9.91. The second-order valence-corrected chi connectivity index (χ2v) is 5.13. The fourth-order valence-electron chi connectivity index (χ4n) is 2.21. The Labute approximate surface area is 113 Å². The van der Waals surface area contributed by atoms with Crippen LogP contribution >= 0.6 is 0 Å². The van der Waals surface area contributed by atoms with Gasteiger partial charge in [-0.2, -0.15) is 0 Å². The lowest BCUT2D eigenvalue weighted by Crippen LogP contribution is -2.25. The van der Waals surface area contributed by atoms with Crippen LogP contribution in [0.1, 0.15) is 31.7 Å². The van der Waals surface area contributed by atoms with Crippen LogP contribution in [0.2, 0.25) is 0 Å². The minimum absolute atomic E-state index is 0.192. The molecule has 0 unspecified atom stereocenters. The van der Waals surface area contributed by atoms with Gasteiger partial charge < -0.3 is 10.8 Å². The summed E-state index contributed by atoms with van der Waals surface area (Å²) in [5.74, 6) is -1.14. The number of halogens is 1. The van der Waals surface area contributed by atoms with Crippen LogP contribution in [0.5, 0.6) is 0 Å². The third-order valence-electron chi connectivity index (χ3n) is 3.40. The predicted molar refractivity (Wildman–Crippen MR) is 73.3 cm³/mol. The van der Waals surface area contributed by atoms with Crippen molar-refractivity contribution in [1.29, 1.82) is 0 Å². The van der Waals surface area contributed by atoms with Gasteiger partial charge in [-0.1, -0.05) is 25.5 Å². The van der Waals surface area contributed by atoms with Gasteiger partial charge in [0.15, 0.2) is 0 Å². The van der Waals surface area contributed by atoms with Gasteiger partial charge in [-0.25, -0.2) is 4.39 Å². The molecular formula is C15H22FNO2. The average Bonchev–Trinajstić information content (AvgIpc) is 2.38. The normalized spacial score (nSPS) is 14.1. The van der Waals surface area contributed by atoms with Crippen molar-refractivity contribution in [3.8, 4) is 0 Å². The van der Waals surface area contributed by atoms with Gasteiger partial charge in [-0.05, 0) is 42.9 Å². The highest BCUT2D eigenvalue weighted by Crippen LogP contribution is 2.18. The monoisotopic (exact) mass is 267 g/mol. The van der Waals surface area contributed by atoms with E-state index in [0.29, 0.717) is 12.3 Å². The van der Waals surface area contributed by atoms with Crippen molar-refractivity contribution in [3.63, 3.8) is 0 Å². The Morgan fingerprint density at radius 3 is 2.53 bits per heavy atom. The molecule has 0 radical (unpaired) electrons. The number of carboxylic acid groups (broad SMARTS) is 1. The van der Waals surface area contributed by atoms with Crippen molar-refractivity contribution in [2.75, 3.05) is 6.54 Å². The quantitative estimate of drug-likeness (QED) is 0.761. The molecule has 0 saturated carbocycles. The fourth-order valence-corrected chi connectivity index (χ4v) is 2.21. The van der Waals surface area contributed by atoms with Gasteiger partial charge >= 0.3 is 5.97 Å². The fraction of sp³-hybridized carbons (Fsp3) is 0.533. The van der Waals surface area contributed by atoms with Gasteiger partial charge in [0.05, 0.1) is 5.92 Å². The van der Waals surface area contributed by atoms with Crippen molar-refractivity contribution >= 4 is 5.97 Å². The van der Waals surface area contributed by atoms with E-state index in [9.17, 15) is 9.18 Å². The van der Waals surface area contributed by atoms with Gasteiger partial charge in [-0.3, -0.25) is 4.79 Å². The number of aryl methyl sites for hydroxylation is 1. The van der Waals surface area contributed by atoms with Crippen LogP contribution in [0.25, 0.3) is 0 Å². The first-order valence-electron chi connectivity index (χ1n) is 6.70. The number of carbonyl (C=O) groups is 1. The van der Waals surface area contributed by atoms with Crippen molar-refractivity contribution in [1.82, 2.24) is 0 Å². The van der Waals surface area contributed by atoms with Crippen LogP contribution in [0.3, 0.4) is 0 Å². The molecule has 1 aromatic rings. The van der Waals surface area contributed by atoms with E-state index in [1.165, 1.54) is 12.1 Å². The Morgan fingerprint density at radius 1 is 1.37 bits per heavy atom. The minimum Gasteiger partial charge on any atom is -0.481 e. The molecule has 0 saturated heterocycles. The van der Waals surface area contributed by atoms with Crippen LogP contribution < -0.4 is 5.73 Å². The highest BCUT2D eigenvalue weighted by molar-refractivity contribution is 5.70. The van der Waals surface area contributed by atoms with Gasteiger partial charge in [0, 0.05) is 6.54 Å². The summed E-state index contributed by atoms with van der Waals surface area (Å²) in [6.45, 7) is 2.24. The molecule has 0 aliphatic rings. The molecule has 106 valence electrons. The van der Waals surface area contributed by atoms with Crippen molar-refractivity contribution in [2.24, 2.45) is 17.6 Å². The van der Waals surface area contributed by atoms with E-state index in [4.69, 9.17) is 10.8 Å². The SMILES string of the molecule is C[C@H](CCCc1ccc(F)cc1)C[C@H](CN)C(=O)O. The average molecular weight is 267 g/mol. The largest absolute Gasteiger partial charge is 0.481 e. The number of aliphatic carboxylic acids is 1. The molecule has 0 spiro atoms. The predicted octanol–water partition coefficient (Wildman–Crippen LogP) is 2.83. The standard InChI is InChI=1S/C15H22FNO2/c1-11(9-13(10-17)15(18)19)3-2-4-12-5-7-14(16)8-6-12/h5-8,11,13H,2-4,9-10,17H2,1H3,(H,18,19)/t11-,13-/m1/s1. The molecule has 0 bridgehead atoms. The maximum absolute atomic E-state index is 12.7. The summed E-state index contributed by atoms with van der Waals surface area (Å²) in [6.07, 6.45) is 3.45. The molecular weight excluding hydrogens is 245 g/mol. The second kappa shape index (κ2) is 7.89. The Bertz CT molecular complexity index is 392. The van der Waals surface area contributed by atoms with Crippen molar-refractivity contribution in [2.45, 2.75) is 32.6 Å². The minimum atomic E-state index is -0.812. The summed E-state index contributed by atoms with van der Waals surface area (Å²) in [7, 11) is 0. The molecule has 0 amide bonds. The summed E-state index contributed by atoms with van der Waals surface area (Å²) >= 11 is 0. The maximum Gasteiger partial charge on any atom is 0.307 e. The molecule has 4 heteroatoms. The third kappa shape index (κ3) is 5.83. The first-order chi connectivity index (χ1) is 9.02. The molecule has 0 heterocycles. The van der Waals surface area contributed by atoms with Gasteiger partial charge in [-0.15, -0.1) is 0 Å². The van der Waals surface area contributed by atoms with Crippen LogP contribution in [-0.4, -0.2) is 17.6 Å². The zero-order valence-corrected chi connectivity index (χ0v) is 11.3. The molecule has 3 nitrogen and oxygen atoms in total. The number of hydrogen-bond acceptors (Lipinski definition) is 2. The molecule has 0 aliphatic carbocycles. The summed E-state index contributed by atoms with van der Waals surface area (Å²) in [4.78, 5) is 10.9. The van der Waals surface area contributed by atoms with E-state index >= 15 is 0 Å². The summed E-state index contributed by atoms with van der Waals surface area (Å²) in [5, 5.41) is 8.94. The zero-order valence-electron chi connectivity index (χ0n) is 11.3. The third-order valence-corrected chi connectivity index (χ3v) is 3.40. The number of nitrogens with two attached hydrogens (primary N) is 1. The zero-order chi connectivity index (χ0) is 14.3. The number of carboxylic acids is 1. The molecule has 1 aromatic carbocycles. The van der Waals surface area contributed by atoms with E-state index < -0.39 is 11.9 Å². The van der Waals surface area contributed by atoms with Gasteiger partial charge in [0.1, 0.15) is 5.82 Å². The van der Waals surface area contributed by atoms with Crippen LogP contribution in [-0.2, 0) is 11.2 Å². The van der Waals surface area contributed by atoms with Crippen LogP contribution in [0, 0.1) is 17.7 Å². The van der Waals surface area contributed by atoms with Crippen LogP contribution in [0.15, 0.2) is 24.3 Å². The highest BCUT2D eigenvalue weighted by Gasteiger charge is 2.18. The Hall–Kier alpha value is -1.42. The molecule has 0 aromatic heterocycles. The second-order valence-electron chi connectivity index (χ2n) is 5.13. The molecule has 3 N–H and O–H groups in total. The van der Waals surface area contributed by atoms with Crippen molar-refractivity contribution < 1.29 is 14.3 Å². The number of rotatable bonds is 8. The lowest BCUT2D eigenvalue weighted by Gasteiger charge is -2.16.